The summed E-state index contributed by atoms with van der Waals surface area (Å²) in [7, 11) is 0. The Balaban J connectivity index is 2.59. The molecule has 0 fully saturated rings. The molecular formula is C14H18FNO2. The molecular weight excluding hydrogens is 233 g/mol. The second-order valence-corrected chi connectivity index (χ2v) is 3.89. The zero-order valence-corrected chi connectivity index (χ0v) is 10.6. The molecule has 0 heterocycles. The molecule has 0 bridgehead atoms. The van der Waals surface area contributed by atoms with Gasteiger partial charge in [0.25, 0.3) is 0 Å². The molecule has 0 saturated carbocycles. The van der Waals surface area contributed by atoms with Crippen LogP contribution in [0.2, 0.25) is 0 Å². The van der Waals surface area contributed by atoms with Gasteiger partial charge in [0.15, 0.2) is 0 Å². The average molecular weight is 251 g/mol. The molecule has 0 aliphatic heterocycles. The highest BCUT2D eigenvalue weighted by atomic mass is 19.1. The number of hydrogen-bond acceptors (Lipinski definition) is 3. The van der Waals surface area contributed by atoms with Crippen molar-refractivity contribution < 1.29 is 13.9 Å². The second-order valence-electron chi connectivity index (χ2n) is 3.89. The van der Waals surface area contributed by atoms with Gasteiger partial charge >= 0.3 is 5.97 Å². The maximum absolute atomic E-state index is 12.8. The van der Waals surface area contributed by atoms with Crippen LogP contribution in [0.5, 0.6) is 0 Å². The van der Waals surface area contributed by atoms with Crippen LogP contribution in [-0.4, -0.2) is 30.6 Å². The van der Waals surface area contributed by atoms with Crippen LogP contribution in [0.3, 0.4) is 0 Å². The smallest absolute Gasteiger partial charge is 0.320 e. The van der Waals surface area contributed by atoms with E-state index in [1.807, 2.05) is 4.90 Å². The van der Waals surface area contributed by atoms with Crippen LogP contribution >= 0.6 is 0 Å². The van der Waals surface area contributed by atoms with Gasteiger partial charge in [-0.05, 0) is 24.6 Å². The van der Waals surface area contributed by atoms with E-state index in [-0.39, 0.29) is 18.3 Å². The van der Waals surface area contributed by atoms with Crippen LogP contribution in [0.25, 0.3) is 0 Å². The number of carbonyl (C=O) groups excluding carboxylic acids is 1. The Morgan fingerprint density at radius 1 is 1.44 bits per heavy atom. The summed E-state index contributed by atoms with van der Waals surface area (Å²) in [4.78, 5) is 13.3. The topological polar surface area (TPSA) is 29.5 Å². The van der Waals surface area contributed by atoms with Crippen LogP contribution < -0.4 is 0 Å². The molecule has 0 radical (unpaired) electrons. The van der Waals surface area contributed by atoms with Gasteiger partial charge in [-0.1, -0.05) is 18.2 Å². The molecule has 1 aromatic carbocycles. The van der Waals surface area contributed by atoms with E-state index in [0.29, 0.717) is 19.7 Å². The summed E-state index contributed by atoms with van der Waals surface area (Å²) >= 11 is 0. The summed E-state index contributed by atoms with van der Waals surface area (Å²) in [6.07, 6.45) is 1.72. The molecule has 1 aromatic rings. The van der Waals surface area contributed by atoms with Crippen molar-refractivity contribution in [2.45, 2.75) is 13.5 Å². The first-order valence-electron chi connectivity index (χ1n) is 5.89. The molecule has 0 aliphatic rings. The summed E-state index contributed by atoms with van der Waals surface area (Å²) < 4.78 is 17.7. The van der Waals surface area contributed by atoms with Crippen molar-refractivity contribution in [2.24, 2.45) is 0 Å². The van der Waals surface area contributed by atoms with E-state index in [1.54, 1.807) is 25.1 Å². The maximum Gasteiger partial charge on any atom is 0.320 e. The molecule has 0 aliphatic carbocycles. The van der Waals surface area contributed by atoms with Gasteiger partial charge in [-0.15, -0.1) is 6.58 Å². The first-order chi connectivity index (χ1) is 8.65. The zero-order valence-electron chi connectivity index (χ0n) is 10.6. The predicted octanol–water partition coefficient (Wildman–Crippen LogP) is 2.38. The fraction of sp³-hybridized carbons (Fsp3) is 0.357. The number of halogens is 1. The first kappa shape index (κ1) is 14.4. The van der Waals surface area contributed by atoms with E-state index in [2.05, 4.69) is 6.58 Å². The summed E-state index contributed by atoms with van der Waals surface area (Å²) in [5.74, 6) is -0.527. The monoisotopic (exact) mass is 251 g/mol. The average Bonchev–Trinajstić information content (AvgIpc) is 2.32. The fourth-order valence-electron chi connectivity index (χ4n) is 1.60. The van der Waals surface area contributed by atoms with Crippen molar-refractivity contribution in [1.82, 2.24) is 4.90 Å². The largest absolute Gasteiger partial charge is 0.465 e. The molecule has 18 heavy (non-hydrogen) atoms. The van der Waals surface area contributed by atoms with E-state index >= 15 is 0 Å². The number of ether oxygens (including phenoxy) is 1. The highest BCUT2D eigenvalue weighted by molar-refractivity contribution is 5.71. The SMILES string of the molecule is C=CCN(CC(=O)OCC)Cc1ccc(F)cc1. The number of benzene rings is 1. The normalized spacial score (nSPS) is 10.4. The van der Waals surface area contributed by atoms with Gasteiger partial charge < -0.3 is 4.74 Å². The number of rotatable bonds is 7. The van der Waals surface area contributed by atoms with Crippen LogP contribution in [-0.2, 0) is 16.1 Å². The Hall–Kier alpha value is -1.68. The molecule has 0 amide bonds. The van der Waals surface area contributed by atoms with Gasteiger partial charge in [0.1, 0.15) is 5.82 Å². The van der Waals surface area contributed by atoms with Crippen LogP contribution in [0.15, 0.2) is 36.9 Å². The van der Waals surface area contributed by atoms with E-state index in [0.717, 1.165) is 5.56 Å². The molecule has 0 saturated heterocycles. The van der Waals surface area contributed by atoms with E-state index in [1.165, 1.54) is 12.1 Å². The van der Waals surface area contributed by atoms with Crippen molar-refractivity contribution in [2.75, 3.05) is 19.7 Å². The number of carbonyl (C=O) groups is 1. The lowest BCUT2D eigenvalue weighted by molar-refractivity contribution is -0.144. The summed E-state index contributed by atoms with van der Waals surface area (Å²) in [5, 5.41) is 0. The van der Waals surface area contributed by atoms with Crippen molar-refractivity contribution in [3.8, 4) is 0 Å². The van der Waals surface area contributed by atoms with Crippen LogP contribution in [0.1, 0.15) is 12.5 Å². The molecule has 0 N–H and O–H groups in total. The zero-order chi connectivity index (χ0) is 13.4. The minimum atomic E-state index is -0.264. The Labute approximate surface area is 107 Å². The lowest BCUT2D eigenvalue weighted by Gasteiger charge is -2.19. The Morgan fingerprint density at radius 2 is 2.11 bits per heavy atom. The Bertz CT molecular complexity index is 389. The molecule has 0 atom stereocenters. The number of esters is 1. The van der Waals surface area contributed by atoms with Crippen molar-refractivity contribution in [3.63, 3.8) is 0 Å². The molecule has 0 aromatic heterocycles. The lowest BCUT2D eigenvalue weighted by atomic mass is 10.2. The summed E-state index contributed by atoms with van der Waals surface area (Å²) in [6.45, 7) is 7.15. The molecule has 0 unspecified atom stereocenters. The van der Waals surface area contributed by atoms with Crippen LogP contribution in [0.4, 0.5) is 4.39 Å². The number of hydrogen-bond donors (Lipinski definition) is 0. The summed E-state index contributed by atoms with van der Waals surface area (Å²) in [6, 6.07) is 6.23. The van der Waals surface area contributed by atoms with Gasteiger partial charge in [0, 0.05) is 13.1 Å². The van der Waals surface area contributed by atoms with Gasteiger partial charge in [-0.3, -0.25) is 9.69 Å². The van der Waals surface area contributed by atoms with Gasteiger partial charge in [-0.2, -0.15) is 0 Å². The number of nitrogens with zero attached hydrogens (tertiary/aromatic N) is 1. The highest BCUT2D eigenvalue weighted by Gasteiger charge is 2.10. The molecule has 3 nitrogen and oxygen atoms in total. The predicted molar refractivity (Wildman–Crippen MR) is 68.5 cm³/mol. The molecule has 98 valence electrons. The third kappa shape index (κ3) is 5.10. The first-order valence-corrected chi connectivity index (χ1v) is 5.89. The minimum Gasteiger partial charge on any atom is -0.465 e. The Kier molecular flexibility index (Phi) is 6.08. The Morgan fingerprint density at radius 3 is 2.67 bits per heavy atom. The minimum absolute atomic E-state index is 0.206. The van der Waals surface area contributed by atoms with E-state index in [9.17, 15) is 9.18 Å². The van der Waals surface area contributed by atoms with Crippen molar-refractivity contribution in [3.05, 3.63) is 48.3 Å². The summed E-state index contributed by atoms with van der Waals surface area (Å²) in [5.41, 5.74) is 0.947. The molecule has 0 spiro atoms. The van der Waals surface area contributed by atoms with E-state index < -0.39 is 0 Å². The van der Waals surface area contributed by atoms with Gasteiger partial charge in [0.2, 0.25) is 0 Å². The lowest BCUT2D eigenvalue weighted by Crippen LogP contribution is -2.30. The fourth-order valence-corrected chi connectivity index (χ4v) is 1.60. The maximum atomic E-state index is 12.8. The standard InChI is InChI=1S/C14H18FNO2/c1-3-9-16(11-14(17)18-4-2)10-12-5-7-13(15)8-6-12/h3,5-8H,1,4,9-11H2,2H3. The van der Waals surface area contributed by atoms with Crippen molar-refractivity contribution >= 4 is 5.97 Å². The third-order valence-electron chi connectivity index (χ3n) is 2.36. The second kappa shape index (κ2) is 7.61. The quantitative estimate of drug-likeness (QED) is 0.550. The van der Waals surface area contributed by atoms with Crippen molar-refractivity contribution in [1.29, 1.82) is 0 Å². The third-order valence-corrected chi connectivity index (χ3v) is 2.36. The highest BCUT2D eigenvalue weighted by Crippen LogP contribution is 2.06. The van der Waals surface area contributed by atoms with Crippen LogP contribution in [0, 0.1) is 5.82 Å². The molecule has 4 heteroatoms. The molecule has 1 rings (SSSR count). The van der Waals surface area contributed by atoms with Gasteiger partial charge in [0.05, 0.1) is 13.2 Å². The van der Waals surface area contributed by atoms with E-state index in [4.69, 9.17) is 4.74 Å². The van der Waals surface area contributed by atoms with Gasteiger partial charge in [-0.25, -0.2) is 4.39 Å².